The average molecular weight is 527 g/mol. The highest BCUT2D eigenvalue weighted by Gasteiger charge is 2.10. The highest BCUT2D eigenvalue weighted by atomic mass is 32.2. The molecule has 2 aromatic carbocycles. The van der Waals surface area contributed by atoms with Gasteiger partial charge in [0.2, 0.25) is 0 Å². The summed E-state index contributed by atoms with van der Waals surface area (Å²) >= 11 is 3.25. The molecule has 8 heteroatoms. The molecule has 4 rings (SSSR count). The summed E-state index contributed by atoms with van der Waals surface area (Å²) in [7, 11) is -6.42. The lowest BCUT2D eigenvalue weighted by Gasteiger charge is -2.02. The highest BCUT2D eigenvalue weighted by molar-refractivity contribution is 7.91. The van der Waals surface area contributed by atoms with E-state index in [1.54, 1.807) is 71.2 Å². The van der Waals surface area contributed by atoms with Gasteiger partial charge in [0.05, 0.1) is 9.79 Å². The summed E-state index contributed by atoms with van der Waals surface area (Å²) in [5.41, 5.74) is 6.27. The Bertz CT molecular complexity index is 1450. The fourth-order valence-electron chi connectivity index (χ4n) is 3.33. The van der Waals surface area contributed by atoms with Crippen LogP contribution in [0.15, 0.2) is 79.8 Å². The van der Waals surface area contributed by atoms with Crippen molar-refractivity contribution < 1.29 is 16.8 Å². The molecule has 0 atom stereocenters. The van der Waals surface area contributed by atoms with Crippen LogP contribution in [0.3, 0.4) is 0 Å². The van der Waals surface area contributed by atoms with Crippen LogP contribution in [0, 0.1) is 0 Å². The third-order valence-electron chi connectivity index (χ3n) is 5.20. The lowest BCUT2D eigenvalue weighted by Crippen LogP contribution is -1.96. The summed E-state index contributed by atoms with van der Waals surface area (Å²) in [5.74, 6) is 0. The standard InChI is InChI=1S/C26H22O4S4/c1-33(27,28)23-11-5-19(6-12-23)3-9-21-15-31-17-25(21)26-18-32-16-22(26)10-4-20-7-13-24(14-8-20)34(2,29)30/h3-18H,1-2H3. The van der Waals surface area contributed by atoms with Crippen molar-refractivity contribution >= 4 is 66.7 Å². The van der Waals surface area contributed by atoms with Crippen LogP contribution in [0.4, 0.5) is 0 Å². The van der Waals surface area contributed by atoms with Crippen LogP contribution >= 0.6 is 22.7 Å². The molecule has 0 amide bonds. The molecule has 0 saturated heterocycles. The van der Waals surface area contributed by atoms with E-state index < -0.39 is 19.7 Å². The second-order valence-corrected chi connectivity index (χ2v) is 13.3. The Labute approximate surface area is 208 Å². The molecule has 0 aliphatic rings. The fourth-order valence-corrected chi connectivity index (χ4v) is 6.23. The lowest BCUT2D eigenvalue weighted by molar-refractivity contribution is 0.600. The number of hydrogen-bond donors (Lipinski definition) is 0. The first-order chi connectivity index (χ1) is 16.1. The number of rotatable bonds is 7. The van der Waals surface area contributed by atoms with E-state index >= 15 is 0 Å². The molecule has 0 aliphatic heterocycles. The second-order valence-electron chi connectivity index (χ2n) is 7.83. The molecule has 0 spiro atoms. The summed E-state index contributed by atoms with van der Waals surface area (Å²) < 4.78 is 46.6. The second kappa shape index (κ2) is 9.84. The van der Waals surface area contributed by atoms with E-state index in [1.165, 1.54) is 12.5 Å². The number of sulfone groups is 2. The van der Waals surface area contributed by atoms with E-state index in [0.29, 0.717) is 9.79 Å². The van der Waals surface area contributed by atoms with Crippen molar-refractivity contribution in [3.8, 4) is 11.1 Å². The molecule has 0 N–H and O–H groups in total. The lowest BCUT2D eigenvalue weighted by atomic mass is 10.0. The first-order valence-electron chi connectivity index (χ1n) is 10.2. The van der Waals surface area contributed by atoms with Crippen molar-refractivity contribution in [3.05, 3.63) is 92.3 Å². The number of thiophene rings is 2. The van der Waals surface area contributed by atoms with Gasteiger partial charge in [-0.3, -0.25) is 0 Å². The molecular weight excluding hydrogens is 505 g/mol. The zero-order valence-electron chi connectivity index (χ0n) is 18.5. The molecule has 0 radical (unpaired) electrons. The van der Waals surface area contributed by atoms with Gasteiger partial charge in [0.25, 0.3) is 0 Å². The Balaban J connectivity index is 1.56. The van der Waals surface area contributed by atoms with Crippen LogP contribution < -0.4 is 0 Å². The molecule has 0 saturated carbocycles. The monoisotopic (exact) mass is 526 g/mol. The molecule has 4 nitrogen and oxygen atoms in total. The van der Waals surface area contributed by atoms with Gasteiger partial charge < -0.3 is 0 Å². The predicted molar refractivity (Wildman–Crippen MR) is 145 cm³/mol. The Kier molecular flexibility index (Phi) is 7.04. The third-order valence-corrected chi connectivity index (χ3v) is 8.98. The molecule has 34 heavy (non-hydrogen) atoms. The minimum atomic E-state index is -3.21. The van der Waals surface area contributed by atoms with E-state index in [-0.39, 0.29) is 0 Å². The van der Waals surface area contributed by atoms with Gasteiger partial charge in [0, 0.05) is 23.6 Å². The van der Waals surface area contributed by atoms with Crippen LogP contribution in [0.2, 0.25) is 0 Å². The van der Waals surface area contributed by atoms with Crippen LogP contribution in [-0.4, -0.2) is 29.3 Å². The van der Waals surface area contributed by atoms with Crippen LogP contribution in [-0.2, 0) is 19.7 Å². The third kappa shape index (κ3) is 5.82. The Morgan fingerprint density at radius 2 is 0.882 bits per heavy atom. The van der Waals surface area contributed by atoms with Gasteiger partial charge in [0.1, 0.15) is 0 Å². The van der Waals surface area contributed by atoms with Gasteiger partial charge in [-0.15, -0.1) is 0 Å². The van der Waals surface area contributed by atoms with Gasteiger partial charge in [0.15, 0.2) is 19.7 Å². The van der Waals surface area contributed by atoms with Crippen LogP contribution in [0.5, 0.6) is 0 Å². The predicted octanol–water partition coefficient (Wildman–Crippen LogP) is 6.62. The molecule has 0 aliphatic carbocycles. The normalized spacial score (nSPS) is 12.6. The zero-order chi connectivity index (χ0) is 24.3. The van der Waals surface area contributed by atoms with E-state index in [0.717, 1.165) is 33.4 Å². The van der Waals surface area contributed by atoms with Crippen molar-refractivity contribution in [1.29, 1.82) is 0 Å². The molecule has 0 fully saturated rings. The van der Waals surface area contributed by atoms with Gasteiger partial charge >= 0.3 is 0 Å². The van der Waals surface area contributed by atoms with Crippen molar-refractivity contribution in [2.45, 2.75) is 9.79 Å². The smallest absolute Gasteiger partial charge is 0.175 e. The topological polar surface area (TPSA) is 68.3 Å². The Hall–Kier alpha value is -2.78. The summed E-state index contributed by atoms with van der Waals surface area (Å²) in [6.45, 7) is 0. The maximum atomic E-state index is 11.6. The number of hydrogen-bond acceptors (Lipinski definition) is 6. The SMILES string of the molecule is CS(=O)(=O)c1ccc(C=Cc2cscc2-c2cscc2C=Cc2ccc(S(C)(=O)=O)cc2)cc1. The summed E-state index contributed by atoms with van der Waals surface area (Å²) in [4.78, 5) is 0.614. The molecular formula is C26H22O4S4. The summed E-state index contributed by atoms with van der Waals surface area (Å²) in [5, 5.41) is 8.41. The van der Waals surface area contributed by atoms with Gasteiger partial charge in [-0.05, 0) is 68.0 Å². The minimum Gasteiger partial charge on any atom is -0.224 e. The Morgan fingerprint density at radius 3 is 1.21 bits per heavy atom. The van der Waals surface area contributed by atoms with E-state index in [9.17, 15) is 16.8 Å². The first-order valence-corrected chi connectivity index (χ1v) is 15.9. The molecule has 0 bridgehead atoms. The maximum Gasteiger partial charge on any atom is 0.175 e. The van der Waals surface area contributed by atoms with Crippen LogP contribution in [0.25, 0.3) is 35.4 Å². The van der Waals surface area contributed by atoms with Crippen molar-refractivity contribution in [3.63, 3.8) is 0 Å². The highest BCUT2D eigenvalue weighted by Crippen LogP contribution is 2.35. The summed E-state index contributed by atoms with van der Waals surface area (Å²) in [6.07, 6.45) is 10.4. The molecule has 4 aromatic rings. The van der Waals surface area contributed by atoms with Crippen molar-refractivity contribution in [1.82, 2.24) is 0 Å². The van der Waals surface area contributed by atoms with E-state index in [1.807, 2.05) is 24.3 Å². The molecule has 174 valence electrons. The fraction of sp³-hybridized carbons (Fsp3) is 0.0769. The zero-order valence-corrected chi connectivity index (χ0v) is 21.8. The first kappa shape index (κ1) is 24.3. The van der Waals surface area contributed by atoms with Crippen LogP contribution in [0.1, 0.15) is 22.3 Å². The number of benzene rings is 2. The van der Waals surface area contributed by atoms with Crippen molar-refractivity contribution in [2.75, 3.05) is 12.5 Å². The van der Waals surface area contributed by atoms with Gasteiger partial charge in [-0.1, -0.05) is 48.6 Å². The van der Waals surface area contributed by atoms with Gasteiger partial charge in [-0.2, -0.15) is 22.7 Å². The molecule has 2 heterocycles. The quantitative estimate of drug-likeness (QED) is 0.271. The summed E-state index contributed by atoms with van der Waals surface area (Å²) in [6, 6.07) is 13.7. The van der Waals surface area contributed by atoms with Crippen molar-refractivity contribution in [2.24, 2.45) is 0 Å². The maximum absolute atomic E-state index is 11.6. The molecule has 0 unspecified atom stereocenters. The Morgan fingerprint density at radius 1 is 0.529 bits per heavy atom. The van der Waals surface area contributed by atoms with E-state index in [4.69, 9.17) is 0 Å². The average Bonchev–Trinajstić information content (AvgIpc) is 3.44. The van der Waals surface area contributed by atoms with E-state index in [2.05, 4.69) is 21.5 Å². The van der Waals surface area contributed by atoms with Gasteiger partial charge in [-0.25, -0.2) is 16.8 Å². The largest absolute Gasteiger partial charge is 0.224 e. The molecule has 2 aromatic heterocycles. The minimum absolute atomic E-state index is 0.307.